The van der Waals surface area contributed by atoms with Crippen LogP contribution in [0, 0.1) is 11.3 Å². The largest absolute Gasteiger partial charge is 0.493 e. The number of hydrogen-bond acceptors (Lipinski definition) is 6. The average molecular weight is 408 g/mol. The Balaban J connectivity index is 1.33. The minimum atomic E-state index is -0.223. The average Bonchev–Trinajstić information content (AvgIpc) is 2.77. The van der Waals surface area contributed by atoms with Crippen molar-refractivity contribution in [3.05, 3.63) is 47.5 Å². The number of likely N-dealkylation sites (tertiary alicyclic amines) is 1. The highest BCUT2D eigenvalue weighted by Gasteiger charge is 2.26. The van der Waals surface area contributed by atoms with Crippen LogP contribution in [0.2, 0.25) is 0 Å². The Hall–Kier alpha value is -3.55. The summed E-state index contributed by atoms with van der Waals surface area (Å²) in [5.74, 6) is 1.23. The van der Waals surface area contributed by atoms with Crippen molar-refractivity contribution in [3.63, 3.8) is 0 Å². The van der Waals surface area contributed by atoms with E-state index in [2.05, 4.69) is 5.32 Å². The predicted molar refractivity (Wildman–Crippen MR) is 113 cm³/mol. The molecule has 0 aliphatic carbocycles. The first-order valence-electron chi connectivity index (χ1n) is 9.93. The maximum absolute atomic E-state index is 12.9. The third-order valence-corrected chi connectivity index (χ3v) is 5.48. The molecule has 156 valence electrons. The number of amides is 2. The Kier molecular flexibility index (Phi) is 5.56. The van der Waals surface area contributed by atoms with E-state index in [0.29, 0.717) is 59.6 Å². The molecular weight excluding hydrogens is 384 g/mol. The molecule has 0 radical (unpaired) electrons. The van der Waals surface area contributed by atoms with Crippen LogP contribution in [0.15, 0.2) is 36.4 Å². The van der Waals surface area contributed by atoms with Crippen LogP contribution in [0.1, 0.15) is 28.8 Å². The third kappa shape index (κ3) is 4.07. The molecule has 2 aromatic carbocycles. The lowest BCUT2D eigenvalue weighted by atomic mass is 9.97. The van der Waals surface area contributed by atoms with E-state index in [0.717, 1.165) is 12.8 Å². The summed E-state index contributed by atoms with van der Waals surface area (Å²) in [5.41, 5.74) is 8.07. The van der Waals surface area contributed by atoms with Gasteiger partial charge in [-0.25, -0.2) is 0 Å². The van der Waals surface area contributed by atoms with E-state index in [1.165, 1.54) is 6.21 Å². The van der Waals surface area contributed by atoms with Crippen LogP contribution >= 0.6 is 0 Å². The Labute approximate surface area is 174 Å². The van der Waals surface area contributed by atoms with Crippen LogP contribution in [0.3, 0.4) is 0 Å². The molecule has 4 N–H and O–H groups in total. The van der Waals surface area contributed by atoms with Crippen molar-refractivity contribution in [3.8, 4) is 11.5 Å². The van der Waals surface area contributed by atoms with Gasteiger partial charge in [0, 0.05) is 30.6 Å². The van der Waals surface area contributed by atoms with Crippen LogP contribution < -0.4 is 20.5 Å². The minimum Gasteiger partial charge on any atom is -0.493 e. The van der Waals surface area contributed by atoms with Gasteiger partial charge in [0.1, 0.15) is 11.5 Å². The van der Waals surface area contributed by atoms with Gasteiger partial charge in [0.25, 0.3) is 11.8 Å². The van der Waals surface area contributed by atoms with E-state index >= 15 is 0 Å². The van der Waals surface area contributed by atoms with Gasteiger partial charge in [-0.15, -0.1) is 0 Å². The van der Waals surface area contributed by atoms with E-state index in [9.17, 15) is 9.59 Å². The first-order chi connectivity index (χ1) is 14.5. The van der Waals surface area contributed by atoms with Gasteiger partial charge in [-0.05, 0) is 49.1 Å². The van der Waals surface area contributed by atoms with Crippen molar-refractivity contribution in [2.45, 2.75) is 12.8 Å². The number of piperidine rings is 1. The summed E-state index contributed by atoms with van der Waals surface area (Å²) >= 11 is 0. The lowest BCUT2D eigenvalue weighted by Gasteiger charge is -2.32. The van der Waals surface area contributed by atoms with Gasteiger partial charge in [0.2, 0.25) is 0 Å². The second-order valence-electron chi connectivity index (χ2n) is 7.50. The summed E-state index contributed by atoms with van der Waals surface area (Å²) in [7, 11) is 0. The Morgan fingerprint density at radius 2 is 2.10 bits per heavy atom. The molecule has 8 heteroatoms. The predicted octanol–water partition coefficient (Wildman–Crippen LogP) is 2.53. The van der Waals surface area contributed by atoms with E-state index in [4.69, 9.17) is 20.6 Å². The number of ether oxygens (including phenoxy) is 2. The number of nitrogens with one attached hydrogen (secondary N) is 2. The zero-order valence-electron chi connectivity index (χ0n) is 16.5. The molecule has 8 nitrogen and oxygen atoms in total. The normalized spacial score (nSPS) is 16.3. The van der Waals surface area contributed by atoms with Crippen molar-refractivity contribution < 1.29 is 19.1 Å². The summed E-state index contributed by atoms with van der Waals surface area (Å²) in [5, 5.41) is 10.2. The molecule has 4 rings (SSSR count). The van der Waals surface area contributed by atoms with Crippen LogP contribution in [-0.2, 0) is 4.79 Å². The second-order valence-corrected chi connectivity index (χ2v) is 7.50. The Morgan fingerprint density at radius 1 is 1.30 bits per heavy atom. The molecule has 30 heavy (non-hydrogen) atoms. The molecule has 2 amide bonds. The highest BCUT2D eigenvalue weighted by Crippen LogP contribution is 2.30. The lowest BCUT2D eigenvalue weighted by Crippen LogP contribution is -2.39. The zero-order valence-corrected chi connectivity index (χ0v) is 16.5. The quantitative estimate of drug-likeness (QED) is 0.519. The number of nitrogens with two attached hydrogens (primary N) is 1. The first-order valence-corrected chi connectivity index (χ1v) is 9.93. The molecular formula is C22H24N4O4. The molecule has 0 atom stereocenters. The maximum atomic E-state index is 12.9. The Bertz CT molecular complexity index is 983. The molecule has 0 bridgehead atoms. The SMILES string of the molecule is N=Cc1c(N)cccc1OCC1CCN(C(=O)c2ccc3c(c2)NC(=O)CO3)CC1. The number of rotatable bonds is 5. The molecule has 1 saturated heterocycles. The summed E-state index contributed by atoms with van der Waals surface area (Å²) in [6.07, 6.45) is 2.87. The number of anilines is 2. The van der Waals surface area contributed by atoms with E-state index < -0.39 is 0 Å². The summed E-state index contributed by atoms with van der Waals surface area (Å²) in [6, 6.07) is 10.5. The van der Waals surface area contributed by atoms with Gasteiger partial charge in [0.15, 0.2) is 6.61 Å². The number of carbonyl (C=O) groups excluding carboxylic acids is 2. The van der Waals surface area contributed by atoms with E-state index in [1.54, 1.807) is 24.3 Å². The molecule has 0 spiro atoms. The van der Waals surface area contributed by atoms with Crippen molar-refractivity contribution in [1.29, 1.82) is 5.41 Å². The second kappa shape index (κ2) is 8.44. The fourth-order valence-corrected chi connectivity index (χ4v) is 3.75. The topological polar surface area (TPSA) is 118 Å². The molecule has 2 heterocycles. The molecule has 0 saturated carbocycles. The van der Waals surface area contributed by atoms with Crippen molar-refractivity contribution >= 4 is 29.4 Å². The van der Waals surface area contributed by atoms with Crippen molar-refractivity contribution in [2.75, 3.05) is 37.4 Å². The summed E-state index contributed by atoms with van der Waals surface area (Å²) in [4.78, 5) is 26.2. The van der Waals surface area contributed by atoms with Gasteiger partial charge in [-0.2, -0.15) is 0 Å². The number of carbonyl (C=O) groups is 2. The first kappa shape index (κ1) is 19.8. The third-order valence-electron chi connectivity index (χ3n) is 5.48. The standard InChI is InChI=1S/C22H24N4O4/c23-11-16-17(24)2-1-3-19(16)29-12-14-6-8-26(9-7-14)22(28)15-4-5-20-18(10-15)25-21(27)13-30-20/h1-5,10-11,14,23H,6-9,12-13,24H2,(H,25,27). The number of benzene rings is 2. The number of nitrogen functional groups attached to an aromatic ring is 1. The fourth-order valence-electron chi connectivity index (χ4n) is 3.75. The minimum absolute atomic E-state index is 0.00717. The van der Waals surface area contributed by atoms with Crippen molar-refractivity contribution in [2.24, 2.45) is 5.92 Å². The highest BCUT2D eigenvalue weighted by atomic mass is 16.5. The molecule has 0 aromatic heterocycles. The van der Waals surface area contributed by atoms with Gasteiger partial charge in [-0.1, -0.05) is 6.07 Å². The van der Waals surface area contributed by atoms with E-state index in [-0.39, 0.29) is 18.4 Å². The molecule has 1 fully saturated rings. The smallest absolute Gasteiger partial charge is 0.262 e. The maximum Gasteiger partial charge on any atom is 0.262 e. The van der Waals surface area contributed by atoms with E-state index in [1.807, 2.05) is 17.0 Å². The molecule has 2 aliphatic heterocycles. The van der Waals surface area contributed by atoms with Crippen LogP contribution in [0.4, 0.5) is 11.4 Å². The van der Waals surface area contributed by atoms with Crippen LogP contribution in [0.25, 0.3) is 0 Å². The molecule has 2 aliphatic rings. The zero-order chi connectivity index (χ0) is 21.1. The van der Waals surface area contributed by atoms with Gasteiger partial charge < -0.3 is 30.8 Å². The van der Waals surface area contributed by atoms with Crippen LogP contribution in [0.5, 0.6) is 11.5 Å². The molecule has 2 aromatic rings. The fraction of sp³-hybridized carbons (Fsp3) is 0.318. The summed E-state index contributed by atoms with van der Waals surface area (Å²) in [6.45, 7) is 1.80. The Morgan fingerprint density at radius 3 is 2.87 bits per heavy atom. The van der Waals surface area contributed by atoms with Gasteiger partial charge >= 0.3 is 0 Å². The highest BCUT2D eigenvalue weighted by molar-refractivity contribution is 5.99. The van der Waals surface area contributed by atoms with Gasteiger partial charge in [-0.3, -0.25) is 9.59 Å². The van der Waals surface area contributed by atoms with Crippen LogP contribution in [-0.4, -0.2) is 49.2 Å². The monoisotopic (exact) mass is 408 g/mol. The summed E-state index contributed by atoms with van der Waals surface area (Å²) < 4.78 is 11.3. The van der Waals surface area contributed by atoms with Gasteiger partial charge in [0.05, 0.1) is 17.9 Å². The molecule has 0 unspecified atom stereocenters. The van der Waals surface area contributed by atoms with Crippen molar-refractivity contribution in [1.82, 2.24) is 4.90 Å². The lowest BCUT2D eigenvalue weighted by molar-refractivity contribution is -0.118. The number of hydrogen-bond donors (Lipinski definition) is 3. The number of nitrogens with zero attached hydrogens (tertiary/aromatic N) is 1. The number of fused-ring (bicyclic) bond motifs is 1.